The second-order valence-corrected chi connectivity index (χ2v) is 5.03. The Bertz CT molecular complexity index is 401. The molecule has 0 aromatic heterocycles. The van der Waals surface area contributed by atoms with Crippen molar-refractivity contribution < 1.29 is 14.9 Å². The number of hydrogen-bond acceptors (Lipinski definition) is 3. The summed E-state index contributed by atoms with van der Waals surface area (Å²) in [5.74, 6) is 1.37. The highest BCUT2D eigenvalue weighted by Crippen LogP contribution is 2.40. The van der Waals surface area contributed by atoms with Crippen LogP contribution >= 0.6 is 0 Å². The van der Waals surface area contributed by atoms with Gasteiger partial charge in [0.2, 0.25) is 0 Å². The maximum atomic E-state index is 9.81. The minimum atomic E-state index is 0.243. The van der Waals surface area contributed by atoms with Gasteiger partial charge in [-0.1, -0.05) is 6.42 Å². The number of phenols is 1. The molecule has 0 fully saturated rings. The van der Waals surface area contributed by atoms with Crippen molar-refractivity contribution in [2.75, 3.05) is 13.7 Å². The summed E-state index contributed by atoms with van der Waals surface area (Å²) in [4.78, 5) is 0. The van der Waals surface area contributed by atoms with E-state index in [1.165, 1.54) is 24.0 Å². The lowest BCUT2D eigenvalue weighted by Gasteiger charge is -2.26. The zero-order chi connectivity index (χ0) is 13.0. The van der Waals surface area contributed by atoms with Gasteiger partial charge in [-0.15, -0.1) is 0 Å². The Kier molecular flexibility index (Phi) is 4.48. The first kappa shape index (κ1) is 13.2. The monoisotopic (exact) mass is 250 g/mol. The number of unbranched alkanes of at least 4 members (excludes halogenated alkanes) is 1. The highest BCUT2D eigenvalue weighted by molar-refractivity contribution is 5.48. The molecule has 18 heavy (non-hydrogen) atoms. The van der Waals surface area contributed by atoms with Crippen LogP contribution in [0, 0.1) is 0 Å². The molecule has 0 amide bonds. The molecule has 2 rings (SSSR count). The predicted molar refractivity (Wildman–Crippen MR) is 71.3 cm³/mol. The molecule has 0 spiro atoms. The van der Waals surface area contributed by atoms with Gasteiger partial charge < -0.3 is 14.9 Å². The van der Waals surface area contributed by atoms with Crippen LogP contribution in [0.15, 0.2) is 12.1 Å². The van der Waals surface area contributed by atoms with Gasteiger partial charge in [0.05, 0.1) is 7.11 Å². The van der Waals surface area contributed by atoms with Crippen LogP contribution in [0.2, 0.25) is 0 Å². The average molecular weight is 250 g/mol. The van der Waals surface area contributed by atoms with Crippen molar-refractivity contribution in [2.45, 2.75) is 44.4 Å². The van der Waals surface area contributed by atoms with Gasteiger partial charge in [0.25, 0.3) is 0 Å². The average Bonchev–Trinajstić information content (AvgIpc) is 2.38. The molecule has 0 radical (unpaired) electrons. The number of benzene rings is 1. The van der Waals surface area contributed by atoms with Gasteiger partial charge in [0, 0.05) is 6.61 Å². The maximum Gasteiger partial charge on any atom is 0.160 e. The highest BCUT2D eigenvalue weighted by Gasteiger charge is 2.22. The van der Waals surface area contributed by atoms with E-state index < -0.39 is 0 Å². The van der Waals surface area contributed by atoms with Crippen LogP contribution in [0.25, 0.3) is 0 Å². The van der Waals surface area contributed by atoms with E-state index in [-0.39, 0.29) is 12.4 Å². The first-order chi connectivity index (χ1) is 8.76. The largest absolute Gasteiger partial charge is 0.504 e. The molecule has 1 unspecified atom stereocenters. The lowest BCUT2D eigenvalue weighted by atomic mass is 9.80. The van der Waals surface area contributed by atoms with E-state index in [0.29, 0.717) is 11.7 Å². The number of aliphatic hydroxyl groups is 1. The predicted octanol–water partition coefficient (Wildman–Crippen LogP) is 2.98. The number of aryl methyl sites for hydroxylation is 1. The second-order valence-electron chi connectivity index (χ2n) is 5.03. The van der Waals surface area contributed by atoms with Crippen LogP contribution in [0.4, 0.5) is 0 Å². The van der Waals surface area contributed by atoms with Crippen molar-refractivity contribution in [1.82, 2.24) is 0 Å². The number of aromatic hydroxyl groups is 1. The van der Waals surface area contributed by atoms with Gasteiger partial charge in [0.15, 0.2) is 11.5 Å². The van der Waals surface area contributed by atoms with E-state index in [9.17, 15) is 5.11 Å². The topological polar surface area (TPSA) is 49.7 Å². The number of ether oxygens (including phenoxy) is 1. The molecular formula is C15H22O3. The van der Waals surface area contributed by atoms with Crippen molar-refractivity contribution >= 4 is 0 Å². The third-order valence-corrected chi connectivity index (χ3v) is 3.84. The third kappa shape index (κ3) is 2.78. The van der Waals surface area contributed by atoms with E-state index >= 15 is 0 Å². The molecule has 2 N–H and O–H groups in total. The minimum absolute atomic E-state index is 0.243. The molecule has 1 aromatic rings. The van der Waals surface area contributed by atoms with E-state index in [1.807, 2.05) is 12.1 Å². The van der Waals surface area contributed by atoms with Gasteiger partial charge in [0.1, 0.15) is 0 Å². The molecule has 0 aliphatic heterocycles. The Balaban J connectivity index is 2.19. The van der Waals surface area contributed by atoms with Gasteiger partial charge in [-0.05, 0) is 61.3 Å². The smallest absolute Gasteiger partial charge is 0.160 e. The summed E-state index contributed by atoms with van der Waals surface area (Å²) < 4.78 is 5.20. The molecule has 1 aliphatic carbocycles. The number of methoxy groups -OCH3 is 1. The number of fused-ring (bicyclic) bond motifs is 1. The van der Waals surface area contributed by atoms with E-state index in [4.69, 9.17) is 9.84 Å². The Morgan fingerprint density at radius 3 is 2.89 bits per heavy atom. The molecule has 3 nitrogen and oxygen atoms in total. The number of rotatable bonds is 5. The first-order valence-corrected chi connectivity index (χ1v) is 6.77. The van der Waals surface area contributed by atoms with Crippen LogP contribution in [0.3, 0.4) is 0 Å². The maximum absolute atomic E-state index is 9.81. The summed E-state index contributed by atoms with van der Waals surface area (Å²) >= 11 is 0. The Morgan fingerprint density at radius 1 is 1.33 bits per heavy atom. The van der Waals surface area contributed by atoms with Crippen molar-refractivity contribution in [2.24, 2.45) is 0 Å². The lowest BCUT2D eigenvalue weighted by Crippen LogP contribution is -2.10. The SMILES string of the molecule is COc1cc2c(cc1O)CCCC2CCCCO. The fourth-order valence-corrected chi connectivity index (χ4v) is 2.88. The van der Waals surface area contributed by atoms with Crippen LogP contribution in [-0.4, -0.2) is 23.9 Å². The number of hydrogen-bond donors (Lipinski definition) is 2. The molecule has 0 heterocycles. The Labute approximate surface area is 108 Å². The molecule has 1 aromatic carbocycles. The summed E-state index contributed by atoms with van der Waals surface area (Å²) in [5, 5.41) is 18.7. The van der Waals surface area contributed by atoms with Gasteiger partial charge in [-0.25, -0.2) is 0 Å². The highest BCUT2D eigenvalue weighted by atomic mass is 16.5. The summed E-state index contributed by atoms with van der Waals surface area (Å²) in [6.45, 7) is 0.276. The second kappa shape index (κ2) is 6.10. The summed E-state index contributed by atoms with van der Waals surface area (Å²) in [5.41, 5.74) is 2.59. The molecule has 0 bridgehead atoms. The van der Waals surface area contributed by atoms with Gasteiger partial charge >= 0.3 is 0 Å². The quantitative estimate of drug-likeness (QED) is 0.790. The van der Waals surface area contributed by atoms with Crippen LogP contribution in [0.1, 0.15) is 49.1 Å². The fourth-order valence-electron chi connectivity index (χ4n) is 2.88. The normalized spacial score (nSPS) is 18.4. The molecule has 0 saturated heterocycles. The summed E-state index contributed by atoms with van der Waals surface area (Å²) in [6.07, 6.45) is 6.48. The molecule has 1 aliphatic rings. The standard InChI is InChI=1S/C15H22O3/c1-18-15-10-13-11(5-2-3-8-16)6-4-7-12(13)9-14(15)17/h9-11,16-17H,2-8H2,1H3. The van der Waals surface area contributed by atoms with Crippen molar-refractivity contribution in [3.63, 3.8) is 0 Å². The molecule has 100 valence electrons. The fraction of sp³-hybridized carbons (Fsp3) is 0.600. The van der Waals surface area contributed by atoms with Crippen molar-refractivity contribution in [1.29, 1.82) is 0 Å². The van der Waals surface area contributed by atoms with Crippen LogP contribution in [-0.2, 0) is 6.42 Å². The zero-order valence-corrected chi connectivity index (χ0v) is 11.0. The van der Waals surface area contributed by atoms with Crippen LogP contribution < -0.4 is 4.74 Å². The Hall–Kier alpha value is -1.22. The van der Waals surface area contributed by atoms with E-state index in [2.05, 4.69) is 0 Å². The van der Waals surface area contributed by atoms with E-state index in [0.717, 1.165) is 25.7 Å². The first-order valence-electron chi connectivity index (χ1n) is 6.77. The van der Waals surface area contributed by atoms with Gasteiger partial charge in [-0.3, -0.25) is 0 Å². The molecule has 1 atom stereocenters. The number of phenolic OH excluding ortho intramolecular Hbond substituents is 1. The molecule has 0 saturated carbocycles. The summed E-state index contributed by atoms with van der Waals surface area (Å²) in [7, 11) is 1.59. The molecule has 3 heteroatoms. The van der Waals surface area contributed by atoms with Crippen molar-refractivity contribution in [3.05, 3.63) is 23.3 Å². The number of aliphatic hydroxyl groups excluding tert-OH is 1. The van der Waals surface area contributed by atoms with Crippen LogP contribution in [0.5, 0.6) is 11.5 Å². The zero-order valence-electron chi connectivity index (χ0n) is 11.0. The van der Waals surface area contributed by atoms with Crippen molar-refractivity contribution in [3.8, 4) is 11.5 Å². The molecular weight excluding hydrogens is 228 g/mol. The lowest BCUT2D eigenvalue weighted by molar-refractivity contribution is 0.280. The third-order valence-electron chi connectivity index (χ3n) is 3.84. The summed E-state index contributed by atoms with van der Waals surface area (Å²) in [6, 6.07) is 3.85. The van der Waals surface area contributed by atoms with Gasteiger partial charge in [-0.2, -0.15) is 0 Å². The Morgan fingerprint density at radius 2 is 2.17 bits per heavy atom. The minimum Gasteiger partial charge on any atom is -0.504 e. The van der Waals surface area contributed by atoms with E-state index in [1.54, 1.807) is 7.11 Å².